The predicted octanol–water partition coefficient (Wildman–Crippen LogP) is 2.56. The summed E-state index contributed by atoms with van der Waals surface area (Å²) in [5.41, 5.74) is 6.95. The number of benzene rings is 1. The van der Waals surface area contributed by atoms with Crippen molar-refractivity contribution in [3.05, 3.63) is 28.3 Å². The zero-order valence-electron chi connectivity index (χ0n) is 12.6. The first-order valence-electron chi connectivity index (χ1n) is 7.44. The lowest BCUT2D eigenvalue weighted by Crippen LogP contribution is -2.29. The number of anilines is 1. The molecule has 21 heavy (non-hydrogen) atoms. The molecule has 6 nitrogen and oxygen atoms in total. The van der Waals surface area contributed by atoms with Gasteiger partial charge in [-0.3, -0.25) is 10.1 Å². The van der Waals surface area contributed by atoms with Crippen LogP contribution in [0.1, 0.15) is 26.7 Å². The van der Waals surface area contributed by atoms with Gasteiger partial charge in [-0.05, 0) is 31.7 Å². The summed E-state index contributed by atoms with van der Waals surface area (Å²) < 4.78 is 5.53. The van der Waals surface area contributed by atoms with Crippen molar-refractivity contribution in [1.29, 1.82) is 0 Å². The van der Waals surface area contributed by atoms with E-state index in [4.69, 9.17) is 10.5 Å². The van der Waals surface area contributed by atoms with Gasteiger partial charge >= 0.3 is 5.69 Å². The van der Waals surface area contributed by atoms with Crippen molar-refractivity contribution in [2.45, 2.75) is 32.7 Å². The molecule has 2 atom stereocenters. The molecule has 2 N–H and O–H groups in total. The molecule has 2 unspecified atom stereocenters. The van der Waals surface area contributed by atoms with Crippen LogP contribution in [0.2, 0.25) is 0 Å². The van der Waals surface area contributed by atoms with Crippen molar-refractivity contribution in [3.8, 4) is 5.75 Å². The number of nitro benzene ring substituents is 1. The van der Waals surface area contributed by atoms with E-state index in [9.17, 15) is 10.1 Å². The van der Waals surface area contributed by atoms with Crippen molar-refractivity contribution >= 4 is 11.4 Å². The minimum atomic E-state index is -0.399. The largest absolute Gasteiger partial charge is 0.487 e. The predicted molar refractivity (Wildman–Crippen MR) is 82.9 cm³/mol. The van der Waals surface area contributed by atoms with E-state index < -0.39 is 4.92 Å². The summed E-state index contributed by atoms with van der Waals surface area (Å²) in [5, 5.41) is 11.1. The van der Waals surface area contributed by atoms with Crippen LogP contribution in [0, 0.1) is 16.0 Å². The van der Waals surface area contributed by atoms with E-state index in [1.54, 1.807) is 12.1 Å². The van der Waals surface area contributed by atoms with Crippen molar-refractivity contribution < 1.29 is 9.66 Å². The minimum Gasteiger partial charge on any atom is -0.487 e. The summed E-state index contributed by atoms with van der Waals surface area (Å²) in [6.45, 7) is 6.30. The molecule has 1 saturated heterocycles. The molecule has 0 aliphatic carbocycles. The number of nitrogens with two attached hydrogens (primary N) is 1. The molecule has 0 aromatic heterocycles. The van der Waals surface area contributed by atoms with Crippen LogP contribution in [0.4, 0.5) is 11.4 Å². The maximum atomic E-state index is 11.1. The molecule has 1 aromatic rings. The minimum absolute atomic E-state index is 0.0233. The topological polar surface area (TPSA) is 81.6 Å². The molecule has 1 heterocycles. The lowest BCUT2D eigenvalue weighted by Gasteiger charge is -2.20. The van der Waals surface area contributed by atoms with E-state index in [-0.39, 0.29) is 11.7 Å². The van der Waals surface area contributed by atoms with Gasteiger partial charge in [0.05, 0.1) is 11.5 Å². The standard InChI is InChI=1S/C15H23N3O3/c1-3-8-21-15-9-13(4-5-14(15)18(19)20)17-7-6-12(10-17)11(2)16/h4-5,9,11-12H,3,6-8,10,16H2,1-2H3. The van der Waals surface area contributed by atoms with Crippen LogP contribution in [0.3, 0.4) is 0 Å². The Labute approximate surface area is 125 Å². The maximum Gasteiger partial charge on any atom is 0.311 e. The molecule has 1 aromatic carbocycles. The monoisotopic (exact) mass is 293 g/mol. The average molecular weight is 293 g/mol. The molecule has 1 fully saturated rings. The zero-order chi connectivity index (χ0) is 15.4. The molecule has 6 heteroatoms. The fourth-order valence-electron chi connectivity index (χ4n) is 2.63. The third-order valence-electron chi connectivity index (χ3n) is 3.94. The number of nitrogens with zero attached hydrogens (tertiary/aromatic N) is 2. The van der Waals surface area contributed by atoms with Crippen LogP contribution >= 0.6 is 0 Å². The molecule has 0 radical (unpaired) electrons. The molecule has 116 valence electrons. The second-order valence-corrected chi connectivity index (χ2v) is 5.61. The van der Waals surface area contributed by atoms with E-state index in [1.807, 2.05) is 13.8 Å². The number of ether oxygens (including phenoxy) is 1. The number of hydrogen-bond acceptors (Lipinski definition) is 5. The average Bonchev–Trinajstić information content (AvgIpc) is 2.94. The Morgan fingerprint density at radius 2 is 2.33 bits per heavy atom. The molecular formula is C15H23N3O3. The van der Waals surface area contributed by atoms with Crippen LogP contribution in [-0.2, 0) is 0 Å². The molecular weight excluding hydrogens is 270 g/mol. The van der Waals surface area contributed by atoms with Gasteiger partial charge in [0.2, 0.25) is 0 Å². The third-order valence-corrected chi connectivity index (χ3v) is 3.94. The summed E-state index contributed by atoms with van der Waals surface area (Å²) in [6.07, 6.45) is 1.87. The van der Waals surface area contributed by atoms with Gasteiger partial charge in [-0.25, -0.2) is 0 Å². The summed E-state index contributed by atoms with van der Waals surface area (Å²) in [6, 6.07) is 5.26. The van der Waals surface area contributed by atoms with E-state index >= 15 is 0 Å². The van der Waals surface area contributed by atoms with Crippen molar-refractivity contribution in [2.24, 2.45) is 11.7 Å². The van der Waals surface area contributed by atoms with Crippen LogP contribution < -0.4 is 15.4 Å². The Morgan fingerprint density at radius 3 is 2.90 bits per heavy atom. The summed E-state index contributed by atoms with van der Waals surface area (Å²) in [7, 11) is 0. The highest BCUT2D eigenvalue weighted by atomic mass is 16.6. The zero-order valence-corrected chi connectivity index (χ0v) is 12.6. The van der Waals surface area contributed by atoms with Crippen molar-refractivity contribution in [2.75, 3.05) is 24.6 Å². The first kappa shape index (κ1) is 15.6. The van der Waals surface area contributed by atoms with Gasteiger partial charge in [-0.15, -0.1) is 0 Å². The summed E-state index contributed by atoms with van der Waals surface area (Å²) in [4.78, 5) is 12.9. The smallest absolute Gasteiger partial charge is 0.311 e. The van der Waals surface area contributed by atoms with E-state index in [0.29, 0.717) is 18.3 Å². The molecule has 1 aliphatic rings. The Balaban J connectivity index is 2.19. The Hall–Kier alpha value is -1.82. The Morgan fingerprint density at radius 1 is 1.57 bits per heavy atom. The Kier molecular flexibility index (Phi) is 5.01. The SMILES string of the molecule is CCCOc1cc(N2CCC(C(C)N)C2)ccc1[N+](=O)[O-]. The summed E-state index contributed by atoms with van der Waals surface area (Å²) in [5.74, 6) is 0.823. The van der Waals surface area contributed by atoms with Gasteiger partial charge in [0, 0.05) is 37.0 Å². The van der Waals surface area contributed by atoms with Gasteiger partial charge in [0.15, 0.2) is 5.75 Å². The highest BCUT2D eigenvalue weighted by Crippen LogP contribution is 2.34. The molecule has 0 bridgehead atoms. The van der Waals surface area contributed by atoms with Crippen LogP contribution in [0.25, 0.3) is 0 Å². The second kappa shape index (κ2) is 6.76. The van der Waals surface area contributed by atoms with E-state index in [0.717, 1.165) is 31.6 Å². The highest BCUT2D eigenvalue weighted by molar-refractivity contribution is 5.59. The lowest BCUT2D eigenvalue weighted by atomic mass is 10.0. The van der Waals surface area contributed by atoms with Gasteiger partial charge in [-0.2, -0.15) is 0 Å². The molecule has 0 spiro atoms. The van der Waals surface area contributed by atoms with Crippen molar-refractivity contribution in [1.82, 2.24) is 0 Å². The lowest BCUT2D eigenvalue weighted by molar-refractivity contribution is -0.385. The number of rotatable bonds is 6. The maximum absolute atomic E-state index is 11.1. The molecule has 0 amide bonds. The van der Waals surface area contributed by atoms with Crippen molar-refractivity contribution in [3.63, 3.8) is 0 Å². The van der Waals surface area contributed by atoms with Crippen LogP contribution in [0.5, 0.6) is 5.75 Å². The Bertz CT molecular complexity index is 505. The number of nitro groups is 1. The van der Waals surface area contributed by atoms with Crippen LogP contribution in [0.15, 0.2) is 18.2 Å². The first-order chi connectivity index (χ1) is 10.0. The molecule has 2 rings (SSSR count). The van der Waals surface area contributed by atoms with Gasteiger partial charge < -0.3 is 15.4 Å². The molecule has 0 saturated carbocycles. The van der Waals surface area contributed by atoms with Gasteiger partial charge in [0.1, 0.15) is 0 Å². The normalized spacial score (nSPS) is 19.6. The van der Waals surface area contributed by atoms with Gasteiger partial charge in [0.25, 0.3) is 0 Å². The quantitative estimate of drug-likeness (QED) is 0.644. The van der Waals surface area contributed by atoms with E-state index in [2.05, 4.69) is 4.90 Å². The molecule has 1 aliphatic heterocycles. The second-order valence-electron chi connectivity index (χ2n) is 5.61. The highest BCUT2D eigenvalue weighted by Gasteiger charge is 2.26. The van der Waals surface area contributed by atoms with E-state index in [1.165, 1.54) is 6.07 Å². The fraction of sp³-hybridized carbons (Fsp3) is 0.600. The third kappa shape index (κ3) is 3.64. The first-order valence-corrected chi connectivity index (χ1v) is 7.44. The van der Waals surface area contributed by atoms with Gasteiger partial charge in [-0.1, -0.05) is 6.92 Å². The van der Waals surface area contributed by atoms with Crippen LogP contribution in [-0.4, -0.2) is 30.7 Å². The number of hydrogen-bond donors (Lipinski definition) is 1. The fourth-order valence-corrected chi connectivity index (χ4v) is 2.63. The summed E-state index contributed by atoms with van der Waals surface area (Å²) >= 11 is 0.